The fourth-order valence-electron chi connectivity index (χ4n) is 1.86. The number of rotatable bonds is 4. The number of hydrogen-bond donors (Lipinski definition) is 1. The zero-order valence-corrected chi connectivity index (χ0v) is 12.7. The van der Waals surface area contributed by atoms with Crippen LogP contribution >= 0.6 is 0 Å². The lowest BCUT2D eigenvalue weighted by Gasteiger charge is -2.22. The van der Waals surface area contributed by atoms with Gasteiger partial charge >= 0.3 is 5.97 Å². The molecule has 0 bridgehead atoms. The molecule has 114 valence electrons. The Morgan fingerprint density at radius 1 is 1.09 bits per heavy atom. The molecule has 2 aromatic rings. The predicted octanol–water partition coefficient (Wildman–Crippen LogP) is 1.82. The molecule has 1 N–H and O–H groups in total. The first-order valence-electron chi connectivity index (χ1n) is 6.72. The zero-order chi connectivity index (χ0) is 16.2. The second-order valence-corrected chi connectivity index (χ2v) is 5.22. The number of hydrogen-bond acceptors (Lipinski definition) is 5. The van der Waals surface area contributed by atoms with Crippen molar-refractivity contribution in [3.8, 4) is 11.4 Å². The van der Waals surface area contributed by atoms with Gasteiger partial charge in [-0.2, -0.15) is 0 Å². The van der Waals surface area contributed by atoms with Crippen molar-refractivity contribution in [1.82, 2.24) is 15.3 Å². The minimum Gasteiger partial charge on any atom is -0.467 e. The minimum atomic E-state index is -1.11. The van der Waals surface area contributed by atoms with E-state index in [0.29, 0.717) is 11.3 Å². The molecule has 2 rings (SSSR count). The highest BCUT2D eigenvalue weighted by molar-refractivity contribution is 5.97. The molecular weight excluding hydrogens is 282 g/mol. The van der Waals surface area contributed by atoms with Gasteiger partial charge in [-0.25, -0.2) is 4.79 Å². The first-order chi connectivity index (χ1) is 10.4. The zero-order valence-electron chi connectivity index (χ0n) is 12.7. The molecule has 6 heteroatoms. The van der Waals surface area contributed by atoms with Crippen molar-refractivity contribution in [2.24, 2.45) is 0 Å². The number of carbonyl (C=O) groups is 2. The molecule has 0 aliphatic carbocycles. The number of nitrogens with zero attached hydrogens (tertiary/aromatic N) is 2. The summed E-state index contributed by atoms with van der Waals surface area (Å²) in [6, 6.07) is 8.87. The number of aromatic nitrogens is 2. The van der Waals surface area contributed by atoms with Crippen molar-refractivity contribution in [3.05, 3.63) is 48.3 Å². The maximum atomic E-state index is 12.2. The molecule has 0 unspecified atom stereocenters. The van der Waals surface area contributed by atoms with E-state index in [1.165, 1.54) is 13.3 Å². The third-order valence-electron chi connectivity index (χ3n) is 3.07. The second kappa shape index (κ2) is 6.34. The summed E-state index contributed by atoms with van der Waals surface area (Å²) in [5.41, 5.74) is 0.649. The molecule has 6 nitrogen and oxygen atoms in total. The van der Waals surface area contributed by atoms with Crippen LogP contribution in [0.3, 0.4) is 0 Å². The molecule has 0 saturated carbocycles. The normalized spacial score (nSPS) is 10.9. The standard InChI is InChI=1S/C16H17N3O3/c1-16(2,15(21)22-3)19-14(20)11-7-8-13(18-10-11)12-6-4-5-9-17-12/h4-10H,1-3H3,(H,19,20). The summed E-state index contributed by atoms with van der Waals surface area (Å²) in [7, 11) is 1.28. The molecular formula is C16H17N3O3. The largest absolute Gasteiger partial charge is 0.467 e. The van der Waals surface area contributed by atoms with Crippen molar-refractivity contribution in [3.63, 3.8) is 0 Å². The van der Waals surface area contributed by atoms with Gasteiger partial charge in [-0.15, -0.1) is 0 Å². The molecule has 0 aliphatic rings. The first kappa shape index (κ1) is 15.6. The summed E-state index contributed by atoms with van der Waals surface area (Å²) < 4.78 is 4.65. The van der Waals surface area contributed by atoms with Gasteiger partial charge in [-0.1, -0.05) is 6.07 Å². The number of pyridine rings is 2. The molecule has 22 heavy (non-hydrogen) atoms. The highest BCUT2D eigenvalue weighted by Crippen LogP contribution is 2.14. The van der Waals surface area contributed by atoms with E-state index in [0.717, 1.165) is 5.69 Å². The van der Waals surface area contributed by atoms with Crippen LogP contribution in [0.25, 0.3) is 11.4 Å². The van der Waals surface area contributed by atoms with Gasteiger partial charge in [0.25, 0.3) is 5.91 Å². The van der Waals surface area contributed by atoms with Crippen molar-refractivity contribution in [2.45, 2.75) is 19.4 Å². The maximum absolute atomic E-state index is 12.2. The van der Waals surface area contributed by atoms with Crippen LogP contribution in [-0.4, -0.2) is 34.5 Å². The average molecular weight is 299 g/mol. The van der Waals surface area contributed by atoms with Crippen LogP contribution in [0, 0.1) is 0 Å². The number of carbonyl (C=O) groups excluding carboxylic acids is 2. The Bertz CT molecular complexity index is 667. The van der Waals surface area contributed by atoms with Gasteiger partial charge in [0.05, 0.1) is 24.1 Å². The maximum Gasteiger partial charge on any atom is 0.330 e. The van der Waals surface area contributed by atoms with Gasteiger partial charge in [0, 0.05) is 12.4 Å². The van der Waals surface area contributed by atoms with E-state index in [1.807, 2.05) is 18.2 Å². The number of ether oxygens (including phenoxy) is 1. The lowest BCUT2D eigenvalue weighted by atomic mass is 10.1. The van der Waals surface area contributed by atoms with Crippen LogP contribution < -0.4 is 5.32 Å². The van der Waals surface area contributed by atoms with Crippen molar-refractivity contribution < 1.29 is 14.3 Å². The Kier molecular flexibility index (Phi) is 4.50. The fourth-order valence-corrected chi connectivity index (χ4v) is 1.86. The van der Waals surface area contributed by atoms with Gasteiger partial charge in [0.15, 0.2) is 0 Å². The minimum absolute atomic E-state index is 0.358. The molecule has 0 atom stereocenters. The van der Waals surface area contributed by atoms with Gasteiger partial charge < -0.3 is 10.1 Å². The Labute approximate surface area is 128 Å². The summed E-state index contributed by atoms with van der Waals surface area (Å²) in [5.74, 6) is -0.908. The molecule has 0 fully saturated rings. The molecule has 1 amide bonds. The van der Waals surface area contributed by atoms with Crippen molar-refractivity contribution >= 4 is 11.9 Å². The van der Waals surface area contributed by atoms with E-state index in [1.54, 1.807) is 32.2 Å². The Balaban J connectivity index is 2.14. The summed E-state index contributed by atoms with van der Waals surface area (Å²) in [5, 5.41) is 2.61. The summed E-state index contributed by atoms with van der Waals surface area (Å²) in [6.45, 7) is 3.15. The van der Waals surface area contributed by atoms with E-state index in [2.05, 4.69) is 20.0 Å². The van der Waals surface area contributed by atoms with Crippen LogP contribution in [0.1, 0.15) is 24.2 Å². The number of esters is 1. The summed E-state index contributed by atoms with van der Waals surface area (Å²) in [6.07, 6.45) is 3.13. The highest BCUT2D eigenvalue weighted by Gasteiger charge is 2.30. The third kappa shape index (κ3) is 3.46. The van der Waals surface area contributed by atoms with Crippen LogP contribution in [-0.2, 0) is 9.53 Å². The van der Waals surface area contributed by atoms with Crippen molar-refractivity contribution in [2.75, 3.05) is 7.11 Å². The molecule has 0 radical (unpaired) electrons. The Morgan fingerprint density at radius 2 is 1.82 bits per heavy atom. The van der Waals surface area contributed by atoms with E-state index in [4.69, 9.17) is 0 Å². The summed E-state index contributed by atoms with van der Waals surface area (Å²) >= 11 is 0. The lowest BCUT2D eigenvalue weighted by molar-refractivity contribution is -0.146. The molecule has 0 aromatic carbocycles. The van der Waals surface area contributed by atoms with Crippen molar-refractivity contribution in [1.29, 1.82) is 0 Å². The monoisotopic (exact) mass is 299 g/mol. The van der Waals surface area contributed by atoms with E-state index >= 15 is 0 Å². The number of amides is 1. The Morgan fingerprint density at radius 3 is 2.36 bits per heavy atom. The van der Waals surface area contributed by atoms with Gasteiger partial charge in [-0.05, 0) is 38.1 Å². The molecule has 2 aromatic heterocycles. The first-order valence-corrected chi connectivity index (χ1v) is 6.72. The van der Waals surface area contributed by atoms with E-state index in [9.17, 15) is 9.59 Å². The average Bonchev–Trinajstić information content (AvgIpc) is 2.54. The predicted molar refractivity (Wildman–Crippen MR) is 81.0 cm³/mol. The molecule has 2 heterocycles. The smallest absolute Gasteiger partial charge is 0.330 e. The Hall–Kier alpha value is -2.76. The van der Waals surface area contributed by atoms with Gasteiger partial charge in [-0.3, -0.25) is 14.8 Å². The quantitative estimate of drug-likeness (QED) is 0.871. The topological polar surface area (TPSA) is 81.2 Å². The van der Waals surface area contributed by atoms with E-state index < -0.39 is 17.4 Å². The van der Waals surface area contributed by atoms with Crippen LogP contribution in [0.2, 0.25) is 0 Å². The second-order valence-electron chi connectivity index (χ2n) is 5.22. The van der Waals surface area contributed by atoms with Crippen LogP contribution in [0.5, 0.6) is 0 Å². The van der Waals surface area contributed by atoms with Gasteiger partial charge in [0.1, 0.15) is 5.54 Å². The highest BCUT2D eigenvalue weighted by atomic mass is 16.5. The SMILES string of the molecule is COC(=O)C(C)(C)NC(=O)c1ccc(-c2ccccn2)nc1. The lowest BCUT2D eigenvalue weighted by Crippen LogP contribution is -2.50. The van der Waals surface area contributed by atoms with E-state index in [-0.39, 0.29) is 0 Å². The summed E-state index contributed by atoms with van der Waals surface area (Å²) in [4.78, 5) is 32.2. The number of nitrogens with one attached hydrogen (secondary N) is 1. The molecule has 0 spiro atoms. The molecule has 0 aliphatic heterocycles. The van der Waals surface area contributed by atoms with Gasteiger partial charge in [0.2, 0.25) is 0 Å². The molecule has 0 saturated heterocycles. The fraction of sp³-hybridized carbons (Fsp3) is 0.250. The third-order valence-corrected chi connectivity index (χ3v) is 3.07. The number of methoxy groups -OCH3 is 1. The van der Waals surface area contributed by atoms with Crippen LogP contribution in [0.15, 0.2) is 42.7 Å². The van der Waals surface area contributed by atoms with Crippen LogP contribution in [0.4, 0.5) is 0 Å².